The Bertz CT molecular complexity index is 641. The maximum Gasteiger partial charge on any atom is 0.228 e. The predicted molar refractivity (Wildman–Crippen MR) is 77.8 cm³/mol. The first-order valence-corrected chi connectivity index (χ1v) is 6.63. The zero-order chi connectivity index (χ0) is 13.4. The summed E-state index contributed by atoms with van der Waals surface area (Å²) in [6, 6.07) is 14.8. The second-order valence-electron chi connectivity index (χ2n) is 5.08. The van der Waals surface area contributed by atoms with Crippen molar-refractivity contribution in [3.8, 4) is 0 Å². The molecule has 2 aromatic rings. The van der Waals surface area contributed by atoms with Crippen LogP contribution in [0, 0.1) is 5.92 Å². The Morgan fingerprint density at radius 3 is 2.74 bits per heavy atom. The minimum atomic E-state index is 0.0609. The number of fused-ring (bicyclic) bond motifs is 1. The van der Waals surface area contributed by atoms with Crippen LogP contribution in [0.3, 0.4) is 0 Å². The molecule has 2 heteroatoms. The molecule has 1 fully saturated rings. The van der Waals surface area contributed by atoms with E-state index in [-0.39, 0.29) is 17.9 Å². The number of carbonyl (C=O) groups excluding carboxylic acids is 1. The van der Waals surface area contributed by atoms with Crippen molar-refractivity contribution in [1.82, 2.24) is 4.90 Å². The van der Waals surface area contributed by atoms with Crippen molar-refractivity contribution in [2.24, 2.45) is 5.92 Å². The summed E-state index contributed by atoms with van der Waals surface area (Å²) < 4.78 is 0. The molecule has 0 radical (unpaired) electrons. The number of hydrogen-bond acceptors (Lipinski definition) is 1. The Labute approximate surface area is 113 Å². The highest BCUT2D eigenvalue weighted by molar-refractivity contribution is 5.91. The van der Waals surface area contributed by atoms with Gasteiger partial charge in [0.05, 0.1) is 12.0 Å². The van der Waals surface area contributed by atoms with Gasteiger partial charge in [0.15, 0.2) is 0 Å². The minimum absolute atomic E-state index is 0.0609. The van der Waals surface area contributed by atoms with E-state index >= 15 is 0 Å². The van der Waals surface area contributed by atoms with Crippen LogP contribution in [-0.4, -0.2) is 17.4 Å². The van der Waals surface area contributed by atoms with Crippen LogP contribution in [0.4, 0.5) is 0 Å². The first-order chi connectivity index (χ1) is 9.24. The smallest absolute Gasteiger partial charge is 0.228 e. The molecule has 0 spiro atoms. The Hall–Kier alpha value is -2.09. The van der Waals surface area contributed by atoms with Crippen LogP contribution >= 0.6 is 0 Å². The van der Waals surface area contributed by atoms with Gasteiger partial charge in [-0.1, -0.05) is 55.5 Å². The molecule has 0 N–H and O–H groups in total. The van der Waals surface area contributed by atoms with Gasteiger partial charge in [0, 0.05) is 6.54 Å². The van der Waals surface area contributed by atoms with Gasteiger partial charge in [0.1, 0.15) is 0 Å². The number of hydrogen-bond donors (Lipinski definition) is 0. The third-order valence-corrected chi connectivity index (χ3v) is 3.95. The summed E-state index contributed by atoms with van der Waals surface area (Å²) in [5, 5.41) is 2.47. The Balaban J connectivity index is 2.09. The third-order valence-electron chi connectivity index (χ3n) is 3.95. The lowest BCUT2D eigenvalue weighted by molar-refractivity contribution is -0.154. The van der Waals surface area contributed by atoms with Gasteiger partial charge in [-0.3, -0.25) is 4.79 Å². The highest BCUT2D eigenvalue weighted by Crippen LogP contribution is 2.42. The lowest BCUT2D eigenvalue weighted by atomic mass is 9.82. The molecule has 0 saturated carbocycles. The van der Waals surface area contributed by atoms with Crippen LogP contribution < -0.4 is 0 Å². The number of amides is 1. The van der Waals surface area contributed by atoms with Crippen LogP contribution in [0.1, 0.15) is 18.5 Å². The third kappa shape index (κ3) is 1.75. The van der Waals surface area contributed by atoms with E-state index in [4.69, 9.17) is 0 Å². The molecule has 2 atom stereocenters. The molecule has 1 aliphatic rings. The molecule has 2 nitrogen and oxygen atoms in total. The maximum absolute atomic E-state index is 11.9. The first kappa shape index (κ1) is 12.0. The fraction of sp³-hybridized carbons (Fsp3) is 0.235. The molecule has 0 aliphatic carbocycles. The second-order valence-corrected chi connectivity index (χ2v) is 5.08. The number of carbonyl (C=O) groups is 1. The van der Waals surface area contributed by atoms with E-state index in [2.05, 4.69) is 43.0 Å². The molecule has 0 aromatic heterocycles. The van der Waals surface area contributed by atoms with Crippen molar-refractivity contribution in [3.05, 3.63) is 60.7 Å². The van der Waals surface area contributed by atoms with Crippen molar-refractivity contribution in [3.63, 3.8) is 0 Å². The summed E-state index contributed by atoms with van der Waals surface area (Å²) in [4.78, 5) is 13.9. The maximum atomic E-state index is 11.9. The van der Waals surface area contributed by atoms with Crippen molar-refractivity contribution in [1.29, 1.82) is 0 Å². The van der Waals surface area contributed by atoms with E-state index in [0.717, 1.165) is 0 Å². The zero-order valence-corrected chi connectivity index (χ0v) is 11.0. The zero-order valence-electron chi connectivity index (χ0n) is 11.0. The van der Waals surface area contributed by atoms with Gasteiger partial charge in [-0.25, -0.2) is 0 Å². The van der Waals surface area contributed by atoms with Crippen LogP contribution in [0.15, 0.2) is 55.1 Å². The second kappa shape index (κ2) is 4.54. The number of likely N-dealkylation sites (tertiary alicyclic amines) is 1. The molecule has 0 unspecified atom stereocenters. The van der Waals surface area contributed by atoms with E-state index < -0.39 is 0 Å². The normalized spacial score (nSPS) is 22.4. The Morgan fingerprint density at radius 1 is 1.21 bits per heavy atom. The molecule has 96 valence electrons. The highest BCUT2D eigenvalue weighted by atomic mass is 16.2. The monoisotopic (exact) mass is 251 g/mol. The molecular weight excluding hydrogens is 234 g/mol. The van der Waals surface area contributed by atoms with E-state index in [1.54, 1.807) is 6.08 Å². The molecular formula is C17H17NO. The lowest BCUT2D eigenvalue weighted by Crippen LogP contribution is -2.53. The minimum Gasteiger partial charge on any atom is -0.331 e. The molecule has 19 heavy (non-hydrogen) atoms. The first-order valence-electron chi connectivity index (χ1n) is 6.63. The fourth-order valence-electron chi connectivity index (χ4n) is 3.01. The molecule has 1 heterocycles. The van der Waals surface area contributed by atoms with Gasteiger partial charge in [0.2, 0.25) is 5.91 Å². The summed E-state index contributed by atoms with van der Waals surface area (Å²) in [6.45, 7) is 6.37. The largest absolute Gasteiger partial charge is 0.331 e. The summed E-state index contributed by atoms with van der Waals surface area (Å²) in [5.41, 5.74) is 1.24. The van der Waals surface area contributed by atoms with Gasteiger partial charge < -0.3 is 4.90 Å². The number of benzene rings is 2. The Kier molecular flexibility index (Phi) is 2.86. The van der Waals surface area contributed by atoms with E-state index in [1.807, 2.05) is 17.9 Å². The average Bonchev–Trinajstić information content (AvgIpc) is 2.46. The van der Waals surface area contributed by atoms with Gasteiger partial charge in [-0.15, -0.1) is 6.58 Å². The molecule has 1 amide bonds. The van der Waals surface area contributed by atoms with Gasteiger partial charge in [0.25, 0.3) is 0 Å². The number of nitrogens with zero attached hydrogens (tertiary/aromatic N) is 1. The summed E-state index contributed by atoms with van der Waals surface area (Å²) in [5.74, 6) is 0.281. The molecule has 0 bridgehead atoms. The van der Waals surface area contributed by atoms with Crippen LogP contribution in [0.5, 0.6) is 0 Å². The average molecular weight is 251 g/mol. The lowest BCUT2D eigenvalue weighted by Gasteiger charge is -2.46. The summed E-state index contributed by atoms with van der Waals surface area (Å²) >= 11 is 0. The summed E-state index contributed by atoms with van der Waals surface area (Å²) in [7, 11) is 0. The van der Waals surface area contributed by atoms with Crippen LogP contribution in [-0.2, 0) is 4.79 Å². The quantitative estimate of drug-likeness (QED) is 0.603. The number of β-lactam (4-membered cyclic amide) rings is 1. The van der Waals surface area contributed by atoms with Crippen LogP contribution in [0.25, 0.3) is 10.8 Å². The molecule has 1 aliphatic heterocycles. The van der Waals surface area contributed by atoms with Gasteiger partial charge in [-0.05, 0) is 16.3 Å². The fourth-order valence-corrected chi connectivity index (χ4v) is 3.01. The van der Waals surface area contributed by atoms with Gasteiger partial charge >= 0.3 is 0 Å². The van der Waals surface area contributed by atoms with E-state index in [9.17, 15) is 4.79 Å². The standard InChI is InChI=1S/C17H17NO/c1-3-11-18-16(12(2)17(18)19)15-10-6-8-13-7-4-5-9-14(13)15/h3-10,12,16H,1,11H2,2H3/t12-,16+/m1/s1. The summed E-state index contributed by atoms with van der Waals surface area (Å²) in [6.07, 6.45) is 1.79. The highest BCUT2D eigenvalue weighted by Gasteiger charge is 2.44. The van der Waals surface area contributed by atoms with E-state index in [1.165, 1.54) is 16.3 Å². The predicted octanol–water partition coefficient (Wildman–Crippen LogP) is 3.55. The molecule has 3 rings (SSSR count). The molecule has 2 aromatic carbocycles. The SMILES string of the molecule is C=CCN1C(=O)[C@H](C)[C@H]1c1cccc2ccccc12. The molecule has 1 saturated heterocycles. The van der Waals surface area contributed by atoms with Crippen molar-refractivity contribution in [2.45, 2.75) is 13.0 Å². The number of rotatable bonds is 3. The van der Waals surface area contributed by atoms with Crippen molar-refractivity contribution in [2.75, 3.05) is 6.54 Å². The van der Waals surface area contributed by atoms with E-state index in [0.29, 0.717) is 6.54 Å². The van der Waals surface area contributed by atoms with Crippen LogP contribution in [0.2, 0.25) is 0 Å². The topological polar surface area (TPSA) is 20.3 Å². The van der Waals surface area contributed by atoms with Crippen molar-refractivity contribution < 1.29 is 4.79 Å². The Morgan fingerprint density at radius 2 is 1.95 bits per heavy atom. The van der Waals surface area contributed by atoms with Gasteiger partial charge in [-0.2, -0.15) is 0 Å². The van der Waals surface area contributed by atoms with Crippen molar-refractivity contribution >= 4 is 16.7 Å².